The summed E-state index contributed by atoms with van der Waals surface area (Å²) >= 11 is 0. The predicted molar refractivity (Wildman–Crippen MR) is 97.5 cm³/mol. The highest BCUT2D eigenvalue weighted by molar-refractivity contribution is 5.93. The number of carbonyl (C=O) groups is 2. The third-order valence-corrected chi connectivity index (χ3v) is 3.99. The van der Waals surface area contributed by atoms with E-state index in [-0.39, 0.29) is 35.5 Å². The van der Waals surface area contributed by atoms with E-state index in [1.807, 2.05) is 0 Å². The van der Waals surface area contributed by atoms with E-state index in [1.165, 1.54) is 48.5 Å². The van der Waals surface area contributed by atoms with Crippen LogP contribution in [0, 0.1) is 11.6 Å². The number of ether oxygens (including phenoxy) is 2. The summed E-state index contributed by atoms with van der Waals surface area (Å²) in [6, 6.07) is 17.6. The highest BCUT2D eigenvalue weighted by Gasteiger charge is 2.13. The summed E-state index contributed by atoms with van der Waals surface area (Å²) in [5.41, 5.74) is 0.956. The third-order valence-electron chi connectivity index (χ3n) is 3.99. The monoisotopic (exact) mass is 382 g/mol. The molecule has 0 radical (unpaired) electrons. The number of halogens is 2. The zero-order chi connectivity index (χ0) is 19.9. The molecule has 3 aromatic rings. The van der Waals surface area contributed by atoms with Crippen LogP contribution in [-0.4, -0.2) is 11.9 Å². The summed E-state index contributed by atoms with van der Waals surface area (Å²) in [5, 5.41) is 0. The topological polar surface area (TPSA) is 52.6 Å². The first-order chi connectivity index (χ1) is 13.5. The van der Waals surface area contributed by atoms with Crippen molar-refractivity contribution in [2.45, 2.75) is 13.2 Å². The molecule has 0 N–H and O–H groups in total. The first-order valence-electron chi connectivity index (χ1n) is 8.45. The molecule has 0 aliphatic heterocycles. The van der Waals surface area contributed by atoms with Crippen molar-refractivity contribution in [2.24, 2.45) is 0 Å². The van der Waals surface area contributed by atoms with Gasteiger partial charge in [-0.2, -0.15) is 0 Å². The van der Waals surface area contributed by atoms with Gasteiger partial charge in [0, 0.05) is 11.1 Å². The van der Waals surface area contributed by atoms with Gasteiger partial charge in [-0.3, -0.25) is 0 Å². The lowest BCUT2D eigenvalue weighted by Gasteiger charge is -2.08. The Labute approximate surface area is 160 Å². The van der Waals surface area contributed by atoms with Crippen molar-refractivity contribution in [1.82, 2.24) is 0 Å². The van der Waals surface area contributed by atoms with Crippen molar-refractivity contribution < 1.29 is 27.8 Å². The van der Waals surface area contributed by atoms with Crippen LogP contribution in [0.1, 0.15) is 31.8 Å². The minimum Gasteiger partial charge on any atom is -0.457 e. The molecular weight excluding hydrogens is 366 g/mol. The maximum Gasteiger partial charge on any atom is 0.338 e. The highest BCUT2D eigenvalue weighted by Crippen LogP contribution is 2.13. The molecule has 0 fully saturated rings. The van der Waals surface area contributed by atoms with Crippen molar-refractivity contribution in [3.05, 3.63) is 107 Å². The number of hydrogen-bond donors (Lipinski definition) is 0. The van der Waals surface area contributed by atoms with E-state index in [4.69, 9.17) is 9.47 Å². The molecule has 28 heavy (non-hydrogen) atoms. The molecule has 0 saturated heterocycles. The molecule has 0 bridgehead atoms. The van der Waals surface area contributed by atoms with E-state index < -0.39 is 23.6 Å². The van der Waals surface area contributed by atoms with Crippen LogP contribution in [0.4, 0.5) is 8.78 Å². The second-order valence-corrected chi connectivity index (χ2v) is 5.91. The van der Waals surface area contributed by atoms with Crippen LogP contribution in [-0.2, 0) is 22.7 Å². The van der Waals surface area contributed by atoms with Crippen molar-refractivity contribution >= 4 is 11.9 Å². The van der Waals surface area contributed by atoms with E-state index in [2.05, 4.69) is 0 Å². The Morgan fingerprint density at radius 1 is 0.607 bits per heavy atom. The van der Waals surface area contributed by atoms with Crippen molar-refractivity contribution in [2.75, 3.05) is 0 Å². The van der Waals surface area contributed by atoms with Gasteiger partial charge in [0.05, 0.1) is 11.1 Å². The molecular formula is C22H16F2O4. The fourth-order valence-corrected chi connectivity index (χ4v) is 2.43. The fourth-order valence-electron chi connectivity index (χ4n) is 2.43. The van der Waals surface area contributed by atoms with Crippen LogP contribution in [0.5, 0.6) is 0 Å². The first-order valence-corrected chi connectivity index (χ1v) is 8.45. The summed E-state index contributed by atoms with van der Waals surface area (Å²) in [7, 11) is 0. The van der Waals surface area contributed by atoms with E-state index in [1.54, 1.807) is 24.3 Å². The molecule has 3 rings (SSSR count). The van der Waals surface area contributed by atoms with Gasteiger partial charge in [-0.25, -0.2) is 18.4 Å². The second-order valence-electron chi connectivity index (χ2n) is 5.91. The van der Waals surface area contributed by atoms with Gasteiger partial charge in [0.15, 0.2) is 0 Å². The lowest BCUT2D eigenvalue weighted by atomic mass is 10.1. The molecule has 4 nitrogen and oxygen atoms in total. The van der Waals surface area contributed by atoms with Crippen LogP contribution in [0.2, 0.25) is 0 Å². The van der Waals surface area contributed by atoms with Crippen LogP contribution < -0.4 is 0 Å². The van der Waals surface area contributed by atoms with Gasteiger partial charge >= 0.3 is 11.9 Å². The molecule has 0 saturated carbocycles. The Kier molecular flexibility index (Phi) is 6.11. The van der Waals surface area contributed by atoms with E-state index in [9.17, 15) is 18.4 Å². The summed E-state index contributed by atoms with van der Waals surface area (Å²) in [6.45, 7) is -0.393. The second kappa shape index (κ2) is 8.90. The van der Waals surface area contributed by atoms with Gasteiger partial charge in [-0.05, 0) is 36.4 Å². The SMILES string of the molecule is O=C(OCc1ccccc1F)c1ccc(C(=O)OCc2ccccc2F)cc1. The normalized spacial score (nSPS) is 10.4. The molecule has 0 amide bonds. The highest BCUT2D eigenvalue weighted by atomic mass is 19.1. The van der Waals surface area contributed by atoms with Crippen LogP contribution in [0.3, 0.4) is 0 Å². The lowest BCUT2D eigenvalue weighted by Crippen LogP contribution is -2.09. The van der Waals surface area contributed by atoms with Gasteiger partial charge in [-0.1, -0.05) is 36.4 Å². The van der Waals surface area contributed by atoms with Gasteiger partial charge in [0.2, 0.25) is 0 Å². The minimum absolute atomic E-state index is 0.196. The van der Waals surface area contributed by atoms with Gasteiger partial charge in [0.25, 0.3) is 0 Å². The van der Waals surface area contributed by atoms with E-state index in [0.717, 1.165) is 0 Å². The molecule has 6 heteroatoms. The Bertz CT molecular complexity index is 903. The Morgan fingerprint density at radius 3 is 1.32 bits per heavy atom. The number of benzene rings is 3. The molecule has 0 aliphatic carbocycles. The Balaban J connectivity index is 1.56. The number of rotatable bonds is 6. The summed E-state index contributed by atoms with van der Waals surface area (Å²) < 4.78 is 37.2. The Hall–Kier alpha value is -3.54. The number of esters is 2. The molecule has 0 aliphatic rings. The molecule has 0 aromatic heterocycles. The van der Waals surface area contributed by atoms with Gasteiger partial charge in [-0.15, -0.1) is 0 Å². The average Bonchev–Trinajstić information content (AvgIpc) is 2.72. The maximum atomic E-state index is 13.5. The van der Waals surface area contributed by atoms with Crippen molar-refractivity contribution in [1.29, 1.82) is 0 Å². The van der Waals surface area contributed by atoms with Crippen LogP contribution in [0.25, 0.3) is 0 Å². The molecule has 0 heterocycles. The predicted octanol–water partition coefficient (Wildman–Crippen LogP) is 4.68. The number of carbonyl (C=O) groups excluding carboxylic acids is 2. The first kappa shape index (κ1) is 19.2. The summed E-state index contributed by atoms with van der Waals surface area (Å²) in [4.78, 5) is 24.1. The van der Waals surface area contributed by atoms with E-state index in [0.29, 0.717) is 0 Å². The quantitative estimate of drug-likeness (QED) is 0.581. The average molecular weight is 382 g/mol. The van der Waals surface area contributed by atoms with Crippen molar-refractivity contribution in [3.8, 4) is 0 Å². The summed E-state index contributed by atoms with van der Waals surface area (Å²) in [5.74, 6) is -2.20. The molecule has 0 spiro atoms. The fraction of sp³-hybridized carbons (Fsp3) is 0.0909. The largest absolute Gasteiger partial charge is 0.457 e. The third kappa shape index (κ3) is 4.79. The standard InChI is InChI=1S/C22H16F2O4/c23-19-7-3-1-5-17(19)13-27-21(25)15-9-11-16(12-10-15)22(26)28-14-18-6-2-4-8-20(18)24/h1-12H,13-14H2. The lowest BCUT2D eigenvalue weighted by molar-refractivity contribution is 0.0454. The Morgan fingerprint density at radius 2 is 0.964 bits per heavy atom. The van der Waals surface area contributed by atoms with Crippen LogP contribution in [0.15, 0.2) is 72.8 Å². The van der Waals surface area contributed by atoms with E-state index >= 15 is 0 Å². The molecule has 3 aromatic carbocycles. The minimum atomic E-state index is -0.644. The molecule has 142 valence electrons. The zero-order valence-electron chi connectivity index (χ0n) is 14.7. The molecule has 0 atom stereocenters. The summed E-state index contributed by atoms with van der Waals surface area (Å²) in [6.07, 6.45) is 0. The number of hydrogen-bond acceptors (Lipinski definition) is 4. The maximum absolute atomic E-state index is 13.5. The molecule has 0 unspecified atom stereocenters. The van der Waals surface area contributed by atoms with Gasteiger partial charge in [0.1, 0.15) is 24.8 Å². The smallest absolute Gasteiger partial charge is 0.338 e. The van der Waals surface area contributed by atoms with Crippen molar-refractivity contribution in [3.63, 3.8) is 0 Å². The zero-order valence-corrected chi connectivity index (χ0v) is 14.7. The van der Waals surface area contributed by atoms with Crippen LogP contribution >= 0.6 is 0 Å². The van der Waals surface area contributed by atoms with Gasteiger partial charge < -0.3 is 9.47 Å².